The van der Waals surface area contributed by atoms with Crippen LogP contribution in [0.4, 0.5) is 5.13 Å². The maximum Gasteiger partial charge on any atom is 0.232 e. The summed E-state index contributed by atoms with van der Waals surface area (Å²) in [5, 5.41) is 10.6. The van der Waals surface area contributed by atoms with Crippen molar-refractivity contribution in [1.29, 1.82) is 0 Å². The van der Waals surface area contributed by atoms with Crippen molar-refractivity contribution in [2.24, 2.45) is 0 Å². The van der Waals surface area contributed by atoms with Gasteiger partial charge in [-0.2, -0.15) is 0 Å². The Kier molecular flexibility index (Phi) is 6.77. The minimum Gasteiger partial charge on any atom is -0.458 e. The van der Waals surface area contributed by atoms with E-state index in [0.717, 1.165) is 22.7 Å². The molecular formula is C23H22N4O3S2. The number of carbonyl (C=O) groups excluding carboxylic acids is 2. The first kappa shape index (κ1) is 21.9. The highest BCUT2D eigenvalue weighted by Crippen LogP contribution is 2.27. The Morgan fingerprint density at radius 2 is 1.84 bits per heavy atom. The van der Waals surface area contributed by atoms with Gasteiger partial charge in [0.25, 0.3) is 0 Å². The van der Waals surface area contributed by atoms with Gasteiger partial charge in [0.15, 0.2) is 10.9 Å². The Hall–Kier alpha value is -3.30. The molecule has 3 aromatic heterocycles. The van der Waals surface area contributed by atoms with Crippen molar-refractivity contribution in [2.75, 3.05) is 5.32 Å². The highest BCUT2D eigenvalue weighted by atomic mass is 32.1. The molecule has 4 rings (SSSR count). The number of hydrogen-bond donors (Lipinski definition) is 2. The smallest absolute Gasteiger partial charge is 0.232 e. The Bertz CT molecular complexity index is 1220. The summed E-state index contributed by atoms with van der Waals surface area (Å²) < 4.78 is 5.70. The molecule has 2 amide bonds. The van der Waals surface area contributed by atoms with Gasteiger partial charge >= 0.3 is 0 Å². The van der Waals surface area contributed by atoms with E-state index in [-0.39, 0.29) is 18.2 Å². The fourth-order valence-corrected chi connectivity index (χ4v) is 4.54. The fourth-order valence-electron chi connectivity index (χ4n) is 3.00. The number of nitrogens with one attached hydrogen (secondary N) is 2. The van der Waals surface area contributed by atoms with Crippen molar-refractivity contribution in [2.45, 2.75) is 33.2 Å². The van der Waals surface area contributed by atoms with Gasteiger partial charge in [0.05, 0.1) is 18.7 Å². The summed E-state index contributed by atoms with van der Waals surface area (Å²) in [6, 6.07) is 11.9. The van der Waals surface area contributed by atoms with Crippen molar-refractivity contribution in [1.82, 2.24) is 15.3 Å². The zero-order valence-corrected chi connectivity index (χ0v) is 19.3. The molecule has 0 bridgehead atoms. The highest BCUT2D eigenvalue weighted by Gasteiger charge is 2.13. The van der Waals surface area contributed by atoms with Gasteiger partial charge in [-0.15, -0.1) is 22.7 Å². The summed E-state index contributed by atoms with van der Waals surface area (Å²) in [6.45, 7) is 3.90. The molecule has 0 aliphatic rings. The topological polar surface area (TPSA) is 97.1 Å². The van der Waals surface area contributed by atoms with E-state index in [1.54, 1.807) is 12.1 Å². The van der Waals surface area contributed by atoms with Gasteiger partial charge in [0.1, 0.15) is 16.5 Å². The van der Waals surface area contributed by atoms with Crippen molar-refractivity contribution in [3.63, 3.8) is 0 Å². The predicted octanol–water partition coefficient (Wildman–Crippen LogP) is 4.91. The number of amides is 2. The second-order valence-electron chi connectivity index (χ2n) is 7.13. The maximum atomic E-state index is 12.5. The molecule has 32 heavy (non-hydrogen) atoms. The molecule has 0 unspecified atom stereocenters. The molecule has 4 aromatic rings. The van der Waals surface area contributed by atoms with E-state index < -0.39 is 0 Å². The van der Waals surface area contributed by atoms with E-state index in [9.17, 15) is 9.59 Å². The molecule has 0 atom stereocenters. The molecule has 2 N–H and O–H groups in total. The lowest BCUT2D eigenvalue weighted by Gasteiger charge is -2.00. The molecule has 3 heterocycles. The first-order valence-electron chi connectivity index (χ1n) is 10.1. The number of furan rings is 1. The molecule has 0 saturated heterocycles. The van der Waals surface area contributed by atoms with Crippen LogP contribution in [0.1, 0.15) is 30.9 Å². The molecule has 0 radical (unpaired) electrons. The summed E-state index contributed by atoms with van der Waals surface area (Å²) in [5.41, 5.74) is 3.70. The number of thiazole rings is 2. The summed E-state index contributed by atoms with van der Waals surface area (Å²) >= 11 is 2.86. The van der Waals surface area contributed by atoms with E-state index in [0.29, 0.717) is 28.9 Å². The lowest BCUT2D eigenvalue weighted by Crippen LogP contribution is -2.18. The number of hydrogen-bond acceptors (Lipinski definition) is 7. The zero-order chi connectivity index (χ0) is 22.5. The molecule has 1 aromatic carbocycles. The van der Waals surface area contributed by atoms with Crippen LogP contribution < -0.4 is 10.6 Å². The second-order valence-corrected chi connectivity index (χ2v) is 8.85. The van der Waals surface area contributed by atoms with Gasteiger partial charge in [-0.1, -0.05) is 31.2 Å². The van der Waals surface area contributed by atoms with Crippen LogP contribution >= 0.6 is 22.7 Å². The standard InChI is InChI=1S/C23H22N4O3S2/c1-3-15-4-6-16(7-5-15)22-25-17(12-31-22)10-21(29)27-23-26-19(13-32-23)20-9-8-18(30-20)11-24-14(2)28/h4-9,12-13H,3,10-11H2,1-2H3,(H,24,28)(H,26,27,29). The lowest BCUT2D eigenvalue weighted by atomic mass is 10.1. The largest absolute Gasteiger partial charge is 0.458 e. The zero-order valence-electron chi connectivity index (χ0n) is 17.7. The Balaban J connectivity index is 1.34. The first-order valence-corrected chi connectivity index (χ1v) is 11.9. The molecule has 0 fully saturated rings. The third-order valence-corrected chi connectivity index (χ3v) is 6.38. The van der Waals surface area contributed by atoms with Crippen molar-refractivity contribution in [3.05, 3.63) is 64.2 Å². The number of aryl methyl sites for hydroxylation is 1. The number of benzene rings is 1. The van der Waals surface area contributed by atoms with Crippen LogP contribution in [0.5, 0.6) is 0 Å². The highest BCUT2D eigenvalue weighted by molar-refractivity contribution is 7.14. The molecule has 0 spiro atoms. The van der Waals surface area contributed by atoms with Gasteiger partial charge in [-0.05, 0) is 24.1 Å². The summed E-state index contributed by atoms with van der Waals surface area (Å²) in [6.07, 6.45) is 1.18. The second kappa shape index (κ2) is 9.88. The van der Waals surface area contributed by atoms with Gasteiger partial charge in [0.2, 0.25) is 11.8 Å². The SMILES string of the molecule is CCc1ccc(-c2nc(CC(=O)Nc3nc(-c4ccc(CNC(C)=O)o4)cs3)cs2)cc1. The molecular weight excluding hydrogens is 444 g/mol. The number of nitrogens with zero attached hydrogens (tertiary/aromatic N) is 2. The van der Waals surface area contributed by atoms with Crippen LogP contribution in [0, 0.1) is 0 Å². The van der Waals surface area contributed by atoms with Crippen LogP contribution in [0.15, 0.2) is 51.6 Å². The van der Waals surface area contributed by atoms with E-state index in [4.69, 9.17) is 4.42 Å². The van der Waals surface area contributed by atoms with Crippen molar-refractivity contribution >= 4 is 39.6 Å². The summed E-state index contributed by atoms with van der Waals surface area (Å²) in [5.74, 6) is 0.927. The van der Waals surface area contributed by atoms with E-state index >= 15 is 0 Å². The Morgan fingerprint density at radius 3 is 2.59 bits per heavy atom. The van der Waals surface area contributed by atoms with Gasteiger partial charge in [-0.25, -0.2) is 9.97 Å². The number of anilines is 1. The van der Waals surface area contributed by atoms with Gasteiger partial charge in [0, 0.05) is 23.2 Å². The number of carbonyl (C=O) groups is 2. The fraction of sp³-hybridized carbons (Fsp3) is 0.217. The van der Waals surface area contributed by atoms with Crippen LogP contribution in [0.25, 0.3) is 22.0 Å². The molecule has 9 heteroatoms. The maximum absolute atomic E-state index is 12.5. The number of aromatic nitrogens is 2. The summed E-state index contributed by atoms with van der Waals surface area (Å²) in [7, 11) is 0. The quantitative estimate of drug-likeness (QED) is 0.385. The van der Waals surface area contributed by atoms with E-state index in [1.807, 2.05) is 10.8 Å². The van der Waals surface area contributed by atoms with Gasteiger partial charge < -0.3 is 15.1 Å². The average Bonchev–Trinajstić information content (AvgIpc) is 3.53. The normalized spacial score (nSPS) is 10.8. The molecule has 7 nitrogen and oxygen atoms in total. The predicted molar refractivity (Wildman–Crippen MR) is 127 cm³/mol. The van der Waals surface area contributed by atoms with Gasteiger partial charge in [-0.3, -0.25) is 9.59 Å². The van der Waals surface area contributed by atoms with Crippen LogP contribution in [0.3, 0.4) is 0 Å². The Morgan fingerprint density at radius 1 is 1.03 bits per heavy atom. The third kappa shape index (κ3) is 5.49. The lowest BCUT2D eigenvalue weighted by molar-refractivity contribution is -0.119. The van der Waals surface area contributed by atoms with E-state index in [1.165, 1.54) is 35.2 Å². The van der Waals surface area contributed by atoms with Crippen LogP contribution in [-0.2, 0) is 29.0 Å². The van der Waals surface area contributed by atoms with E-state index in [2.05, 4.69) is 51.8 Å². The van der Waals surface area contributed by atoms with Crippen molar-refractivity contribution in [3.8, 4) is 22.0 Å². The monoisotopic (exact) mass is 466 g/mol. The molecule has 0 aliphatic heterocycles. The van der Waals surface area contributed by atoms with Crippen LogP contribution in [0.2, 0.25) is 0 Å². The summed E-state index contributed by atoms with van der Waals surface area (Å²) in [4.78, 5) is 32.5. The molecule has 0 saturated carbocycles. The van der Waals surface area contributed by atoms with Crippen LogP contribution in [-0.4, -0.2) is 21.8 Å². The Labute approximate surface area is 193 Å². The molecule has 0 aliphatic carbocycles. The number of rotatable bonds is 8. The molecule has 164 valence electrons. The average molecular weight is 467 g/mol. The van der Waals surface area contributed by atoms with Crippen molar-refractivity contribution < 1.29 is 14.0 Å². The minimum absolute atomic E-state index is 0.122. The third-order valence-electron chi connectivity index (χ3n) is 4.68. The minimum atomic E-state index is -0.171. The first-order chi connectivity index (χ1) is 15.5.